The van der Waals surface area contributed by atoms with E-state index in [1.165, 1.54) is 160 Å². The molecule has 0 radical (unpaired) electrons. The number of rotatable bonds is 29. The van der Waals surface area contributed by atoms with Crippen molar-refractivity contribution >= 4 is 67.8 Å². The summed E-state index contributed by atoms with van der Waals surface area (Å²) in [6.45, 7) is 27.3. The summed E-state index contributed by atoms with van der Waals surface area (Å²) in [5, 5.41) is 4.83. The molecule has 0 saturated carbocycles. The maximum absolute atomic E-state index is 6.60. The molecule has 0 aromatic heterocycles. The SMILES string of the molecule is C=Cc1ccc(COc2ccc(C3(c4ccc(C(C)(C)C)cc4)c4ccccc4-c4ccc(N(c5ccccc5)c5ccc(-c6ccc(N(c7ccccc7)c7ccc8c(c7)C(c7ccc(OCc9ccc(C=C)cc9)cc7)(c7ccc(C(C)(C)C)cc7)c7ccccc7-8)c7ccc(CCCCCC)cc67)c6cc(CCCCCC)ccc56)cc43)cc2)cc1. The van der Waals surface area contributed by atoms with Crippen molar-refractivity contribution < 1.29 is 9.47 Å². The van der Waals surface area contributed by atoms with Crippen molar-refractivity contribution in [2.45, 2.75) is 154 Å². The first-order chi connectivity index (χ1) is 60.5. The molecule has 2 aliphatic rings. The summed E-state index contributed by atoms with van der Waals surface area (Å²) < 4.78 is 13.2. The lowest BCUT2D eigenvalue weighted by atomic mass is 9.67. The van der Waals surface area contributed by atoms with E-state index in [-0.39, 0.29) is 10.8 Å². The Morgan fingerprint density at radius 1 is 0.282 bits per heavy atom. The third-order valence-electron chi connectivity index (χ3n) is 26.3. The highest BCUT2D eigenvalue weighted by atomic mass is 16.5. The summed E-state index contributed by atoms with van der Waals surface area (Å²) in [7, 11) is 0. The van der Waals surface area contributed by atoms with Crippen LogP contribution in [0.2, 0.25) is 0 Å². The van der Waals surface area contributed by atoms with Gasteiger partial charge in [-0.15, -0.1) is 0 Å². The second-order valence-corrected chi connectivity index (χ2v) is 36.2. The van der Waals surface area contributed by atoms with Crippen LogP contribution in [0.5, 0.6) is 11.5 Å². The summed E-state index contributed by atoms with van der Waals surface area (Å²) >= 11 is 0. The fourth-order valence-electron chi connectivity index (χ4n) is 19.7. The van der Waals surface area contributed by atoms with E-state index in [9.17, 15) is 0 Å². The van der Waals surface area contributed by atoms with Gasteiger partial charge in [0.05, 0.1) is 22.2 Å². The van der Waals surface area contributed by atoms with Crippen LogP contribution in [0.25, 0.3) is 67.1 Å². The van der Waals surface area contributed by atoms with E-state index in [1.54, 1.807) is 0 Å². The predicted octanol–water partition coefficient (Wildman–Crippen LogP) is 32.6. The second kappa shape index (κ2) is 34.9. The van der Waals surface area contributed by atoms with Crippen LogP contribution < -0.4 is 19.3 Å². The van der Waals surface area contributed by atoms with E-state index >= 15 is 0 Å². The Kier molecular flexibility index (Phi) is 23.0. The van der Waals surface area contributed by atoms with E-state index in [0.717, 1.165) is 93.6 Å². The number of anilines is 6. The van der Waals surface area contributed by atoms with Gasteiger partial charge in [0, 0.05) is 33.5 Å². The first kappa shape index (κ1) is 81.7. The molecule has 2 atom stereocenters. The Balaban J connectivity index is 0.808. The molecule has 0 aliphatic heterocycles. The fraction of sp³-hybridized carbons (Fsp3) is 0.200. The molecule has 0 spiro atoms. The van der Waals surface area contributed by atoms with Gasteiger partial charge in [0.2, 0.25) is 0 Å². The van der Waals surface area contributed by atoms with Crippen molar-refractivity contribution in [3.05, 3.63) is 454 Å². The quantitative estimate of drug-likeness (QED) is 0.0436. The molecule has 0 amide bonds. The maximum atomic E-state index is 6.60. The smallest absolute Gasteiger partial charge is 0.119 e. The van der Waals surface area contributed by atoms with Gasteiger partial charge in [-0.2, -0.15) is 0 Å². The normalized spacial score (nSPS) is 14.5. The van der Waals surface area contributed by atoms with Crippen molar-refractivity contribution in [2.75, 3.05) is 9.80 Å². The Labute approximate surface area is 735 Å². The summed E-state index contributed by atoms with van der Waals surface area (Å²) in [5.41, 5.74) is 31.8. The third kappa shape index (κ3) is 15.6. The highest BCUT2D eigenvalue weighted by Gasteiger charge is 2.49. The number of benzene rings is 16. The van der Waals surface area contributed by atoms with E-state index in [0.29, 0.717) is 13.2 Å². The highest BCUT2D eigenvalue weighted by Crippen LogP contribution is 2.61. The zero-order valence-electron chi connectivity index (χ0n) is 73.3. The van der Waals surface area contributed by atoms with Gasteiger partial charge in [0.1, 0.15) is 24.7 Å². The van der Waals surface area contributed by atoms with Crippen molar-refractivity contribution in [1.29, 1.82) is 0 Å². The minimum atomic E-state index is -0.712. The van der Waals surface area contributed by atoms with E-state index in [1.807, 2.05) is 12.2 Å². The average molecular weight is 1610 g/mol. The summed E-state index contributed by atoms with van der Waals surface area (Å²) in [5.74, 6) is 1.64. The first-order valence-corrected chi connectivity index (χ1v) is 45.0. The molecule has 4 nitrogen and oxygen atoms in total. The Hall–Kier alpha value is -13.3. The van der Waals surface area contributed by atoms with Crippen molar-refractivity contribution in [1.82, 2.24) is 0 Å². The Morgan fingerprint density at radius 2 is 0.621 bits per heavy atom. The molecular formula is C120H112N2O2. The molecule has 0 N–H and O–H groups in total. The molecule has 18 rings (SSSR count). The summed E-state index contributed by atoms with van der Waals surface area (Å²) in [4.78, 5) is 5.08. The molecule has 4 heteroatoms. The molecule has 16 aromatic rings. The number of ether oxygens (including phenoxy) is 2. The average Bonchev–Trinajstić information content (AvgIpc) is 1.53. The van der Waals surface area contributed by atoms with Crippen molar-refractivity contribution in [3.8, 4) is 44.9 Å². The third-order valence-corrected chi connectivity index (χ3v) is 26.3. The Morgan fingerprint density at radius 3 is 0.984 bits per heavy atom. The lowest BCUT2D eigenvalue weighted by molar-refractivity contribution is 0.306. The summed E-state index contributed by atoms with van der Waals surface area (Å²) in [6.07, 6.45) is 15.2. The van der Waals surface area contributed by atoms with Gasteiger partial charge in [-0.1, -0.05) is 386 Å². The molecule has 2 aliphatic carbocycles. The zero-order valence-corrected chi connectivity index (χ0v) is 73.3. The number of fused-ring (bicyclic) bond motifs is 8. The van der Waals surface area contributed by atoms with E-state index in [2.05, 4.69) is 430 Å². The molecule has 124 heavy (non-hydrogen) atoms. The van der Waals surface area contributed by atoms with E-state index < -0.39 is 10.8 Å². The Bertz CT molecular complexity index is 6130. The molecule has 2 unspecified atom stereocenters. The number of unbranched alkanes of at least 4 members (excludes halogenated alkanes) is 6. The van der Waals surface area contributed by atoms with Crippen LogP contribution >= 0.6 is 0 Å². The number of hydrogen-bond donors (Lipinski definition) is 0. The standard InChI is InChI=1S/C120H112N2O2/c1-11-15-17-21-31-85-49-69-107-109(77-85)101(73-75-115(107)121(95-33-23-19-24-34-95)97-63-71-105-103-37-27-29-39-111(103)119(113(105)79-97,91-55-51-89(52-56-91)117(5,6)7)93-59-65-99(66-60-93)123-81-87-45-41-83(13-3)42-46-87)102-74-76-116(108-70-50-86(78-110(102)108)32-22-18-16-12-2)122(96-35-25-20-26-36-96)98-64-72-106-104-38-28-30-40-112(104)120(114(106)80-98,92-57-53-90(54-58-92)118(8,9)10)94-61-67-100(68-62-94)124-82-88-47-43-84(14-4)44-48-88/h13-14,19-20,23-30,33-80H,3-4,11-12,15-18,21-22,31-32,81-82H2,1-2,5-10H3. The minimum absolute atomic E-state index is 0.0433. The monoisotopic (exact) mass is 1610 g/mol. The van der Waals surface area contributed by atoms with Crippen LogP contribution in [0.15, 0.2) is 365 Å². The zero-order chi connectivity index (χ0) is 85.1. The summed E-state index contributed by atoms with van der Waals surface area (Å²) in [6, 6.07) is 134. The second-order valence-electron chi connectivity index (χ2n) is 36.2. The molecule has 0 saturated heterocycles. The molecular weight excluding hydrogens is 1500 g/mol. The van der Waals surface area contributed by atoms with Crippen molar-refractivity contribution in [3.63, 3.8) is 0 Å². The topological polar surface area (TPSA) is 24.9 Å². The lowest BCUT2D eigenvalue weighted by Gasteiger charge is -2.35. The number of aryl methyl sites for hydroxylation is 2. The number of hydrogen-bond acceptors (Lipinski definition) is 4. The predicted molar refractivity (Wildman–Crippen MR) is 526 cm³/mol. The highest BCUT2D eigenvalue weighted by molar-refractivity contribution is 6.14. The van der Waals surface area contributed by atoms with Gasteiger partial charge in [-0.05, 0) is 255 Å². The fourth-order valence-corrected chi connectivity index (χ4v) is 19.7. The van der Waals surface area contributed by atoms with Crippen molar-refractivity contribution in [2.24, 2.45) is 0 Å². The van der Waals surface area contributed by atoms with Gasteiger partial charge < -0.3 is 19.3 Å². The molecule has 614 valence electrons. The number of para-hydroxylation sites is 2. The molecule has 0 bridgehead atoms. The van der Waals surface area contributed by atoms with Crippen LogP contribution in [-0.2, 0) is 47.7 Å². The lowest BCUT2D eigenvalue weighted by Crippen LogP contribution is -2.29. The molecule has 0 heterocycles. The first-order valence-electron chi connectivity index (χ1n) is 45.0. The van der Waals surface area contributed by atoms with Gasteiger partial charge >= 0.3 is 0 Å². The number of nitrogens with zero attached hydrogens (tertiary/aromatic N) is 2. The largest absolute Gasteiger partial charge is 0.489 e. The van der Waals surface area contributed by atoms with Gasteiger partial charge in [-0.25, -0.2) is 0 Å². The van der Waals surface area contributed by atoms with Crippen LogP contribution in [0.3, 0.4) is 0 Å². The van der Waals surface area contributed by atoms with Gasteiger partial charge in [-0.3, -0.25) is 0 Å². The van der Waals surface area contributed by atoms with Gasteiger partial charge in [0.25, 0.3) is 0 Å². The minimum Gasteiger partial charge on any atom is -0.489 e. The molecule has 0 fully saturated rings. The maximum Gasteiger partial charge on any atom is 0.119 e. The van der Waals surface area contributed by atoms with E-state index in [4.69, 9.17) is 9.47 Å². The van der Waals surface area contributed by atoms with Crippen LogP contribution in [0, 0.1) is 0 Å². The van der Waals surface area contributed by atoms with Gasteiger partial charge in [0.15, 0.2) is 0 Å². The van der Waals surface area contributed by atoms with Crippen LogP contribution in [0.4, 0.5) is 34.1 Å². The van der Waals surface area contributed by atoms with Crippen LogP contribution in [0.1, 0.15) is 196 Å². The molecule has 16 aromatic carbocycles. The van der Waals surface area contributed by atoms with Crippen LogP contribution in [-0.4, -0.2) is 0 Å².